The predicted molar refractivity (Wildman–Crippen MR) is 123 cm³/mol. The summed E-state index contributed by atoms with van der Waals surface area (Å²) in [6, 6.07) is 7.52. The number of amides is 1. The molecule has 1 fully saturated rings. The van der Waals surface area contributed by atoms with Crippen molar-refractivity contribution < 1.29 is 31.1 Å². The average Bonchev–Trinajstić information content (AvgIpc) is 2.76. The summed E-state index contributed by atoms with van der Waals surface area (Å²) >= 11 is 0. The fourth-order valence-electron chi connectivity index (χ4n) is 3.96. The highest BCUT2D eigenvalue weighted by Crippen LogP contribution is 2.38. The number of halogens is 3. The monoisotopic (exact) mass is 515 g/mol. The number of hydrogen-bond acceptors (Lipinski definition) is 7. The number of hydrogen-bond donors (Lipinski definition) is 2. The molecule has 1 amide bonds. The number of nitrogens with one attached hydrogen (secondary N) is 2. The summed E-state index contributed by atoms with van der Waals surface area (Å²) in [5.74, 6) is -0.373. The first-order valence-electron chi connectivity index (χ1n) is 10.8. The predicted octanol–water partition coefficient (Wildman–Crippen LogP) is 2.79. The maximum Gasteiger partial charge on any atom is 0.433 e. The van der Waals surface area contributed by atoms with E-state index in [0.717, 1.165) is 12.3 Å². The summed E-state index contributed by atoms with van der Waals surface area (Å²) in [4.78, 5) is 22.6. The van der Waals surface area contributed by atoms with Crippen molar-refractivity contribution in [2.75, 3.05) is 25.1 Å². The number of piperidine rings is 1. The maximum atomic E-state index is 13.5. The molecule has 13 heteroatoms. The van der Waals surface area contributed by atoms with Gasteiger partial charge >= 0.3 is 16.4 Å². The third-order valence-corrected chi connectivity index (χ3v) is 6.89. The molecule has 0 unspecified atom stereocenters. The molecular weight excluding hydrogens is 487 g/mol. The largest absolute Gasteiger partial charge is 0.497 e. The Morgan fingerprint density at radius 1 is 1.14 bits per heavy atom. The third-order valence-electron chi connectivity index (χ3n) is 5.56. The van der Waals surface area contributed by atoms with Gasteiger partial charge in [-0.1, -0.05) is 12.1 Å². The van der Waals surface area contributed by atoms with Crippen LogP contribution in [0.25, 0.3) is 0 Å². The van der Waals surface area contributed by atoms with Crippen LogP contribution in [0.2, 0.25) is 0 Å². The summed E-state index contributed by atoms with van der Waals surface area (Å²) in [5, 5.41) is 0. The summed E-state index contributed by atoms with van der Waals surface area (Å²) < 4.78 is 74.3. The number of alkyl halides is 3. The molecule has 1 aromatic heterocycles. The molecular formula is C22H28F3N5O4S. The lowest BCUT2D eigenvalue weighted by Crippen LogP contribution is -2.56. The van der Waals surface area contributed by atoms with Gasteiger partial charge < -0.3 is 9.64 Å². The van der Waals surface area contributed by atoms with Gasteiger partial charge in [-0.05, 0) is 57.4 Å². The minimum absolute atomic E-state index is 0.108. The Labute approximate surface area is 202 Å². The van der Waals surface area contributed by atoms with Gasteiger partial charge in [0.15, 0.2) is 0 Å². The topological polar surface area (TPSA) is 114 Å². The van der Waals surface area contributed by atoms with E-state index in [9.17, 15) is 26.4 Å². The molecule has 1 saturated heterocycles. The number of carbonyl (C=O) groups is 1. The van der Waals surface area contributed by atoms with Gasteiger partial charge in [0.1, 0.15) is 11.4 Å². The van der Waals surface area contributed by atoms with E-state index < -0.39 is 38.9 Å². The molecule has 3 rings (SSSR count). The van der Waals surface area contributed by atoms with Gasteiger partial charge in [0.2, 0.25) is 11.9 Å². The van der Waals surface area contributed by atoms with Crippen LogP contribution in [-0.4, -0.2) is 50.0 Å². The van der Waals surface area contributed by atoms with Crippen molar-refractivity contribution in [3.05, 3.63) is 47.8 Å². The van der Waals surface area contributed by atoms with Crippen molar-refractivity contribution >= 4 is 22.1 Å². The Kier molecular flexibility index (Phi) is 7.32. The average molecular weight is 516 g/mol. The van der Waals surface area contributed by atoms with Gasteiger partial charge in [-0.25, -0.2) is 14.7 Å². The van der Waals surface area contributed by atoms with Crippen molar-refractivity contribution in [2.45, 2.75) is 50.7 Å². The zero-order chi connectivity index (χ0) is 26.1. The third kappa shape index (κ3) is 6.40. The summed E-state index contributed by atoms with van der Waals surface area (Å²) in [5.41, 5.74) is -2.63. The van der Waals surface area contributed by atoms with Gasteiger partial charge in [0.25, 0.3) is 0 Å². The summed E-state index contributed by atoms with van der Waals surface area (Å²) in [6.07, 6.45) is -3.37. The van der Waals surface area contributed by atoms with Crippen LogP contribution in [0.1, 0.15) is 44.9 Å². The highest BCUT2D eigenvalue weighted by molar-refractivity contribution is 7.88. The summed E-state index contributed by atoms with van der Waals surface area (Å²) in [6.45, 7) is 5.17. The molecule has 1 aromatic carbocycles. The first kappa shape index (κ1) is 26.7. The number of benzene rings is 1. The van der Waals surface area contributed by atoms with E-state index in [1.54, 1.807) is 49.9 Å². The van der Waals surface area contributed by atoms with Crippen molar-refractivity contribution in [3.63, 3.8) is 0 Å². The van der Waals surface area contributed by atoms with Gasteiger partial charge in [-0.3, -0.25) is 4.79 Å². The van der Waals surface area contributed by atoms with Crippen LogP contribution >= 0.6 is 0 Å². The standard InChI is InChI=1S/C22H28F3N5O4S/c1-20(2,3)29-35(32,33)28-18(31)21(15-6-5-7-16(14-15)34-4)9-12-30(13-10-21)19-26-11-8-17(27-19)22(23,24)25/h5-8,11,14,29H,9-10,12-13H2,1-4H3,(H,28,31). The molecule has 1 aliphatic rings. The van der Waals surface area contributed by atoms with Crippen LogP contribution in [0, 0.1) is 0 Å². The lowest BCUT2D eigenvalue weighted by Gasteiger charge is -2.41. The Balaban J connectivity index is 1.92. The number of anilines is 1. The second-order valence-electron chi connectivity index (χ2n) is 9.33. The quantitative estimate of drug-likeness (QED) is 0.608. The second kappa shape index (κ2) is 9.61. The number of aromatic nitrogens is 2. The van der Waals surface area contributed by atoms with Crippen LogP contribution < -0.4 is 19.1 Å². The van der Waals surface area contributed by atoms with Crippen molar-refractivity contribution in [3.8, 4) is 5.75 Å². The van der Waals surface area contributed by atoms with E-state index in [0.29, 0.717) is 11.3 Å². The fraction of sp³-hybridized carbons (Fsp3) is 0.500. The van der Waals surface area contributed by atoms with E-state index >= 15 is 0 Å². The Morgan fingerprint density at radius 2 is 1.80 bits per heavy atom. The van der Waals surface area contributed by atoms with E-state index in [2.05, 4.69) is 19.4 Å². The molecule has 2 heterocycles. The number of ether oxygens (including phenoxy) is 1. The zero-order valence-corrected chi connectivity index (χ0v) is 20.6. The Hall–Kier alpha value is -2.93. The van der Waals surface area contributed by atoms with E-state index in [-0.39, 0.29) is 31.9 Å². The lowest BCUT2D eigenvalue weighted by molar-refractivity contribution is -0.141. The Bertz CT molecular complexity index is 1170. The number of methoxy groups -OCH3 is 1. The fourth-order valence-corrected chi connectivity index (χ4v) is 5.26. The van der Waals surface area contributed by atoms with Gasteiger partial charge in [-0.2, -0.15) is 26.3 Å². The van der Waals surface area contributed by atoms with Crippen molar-refractivity contribution in [1.82, 2.24) is 19.4 Å². The molecule has 2 N–H and O–H groups in total. The second-order valence-corrected chi connectivity index (χ2v) is 10.7. The molecule has 0 spiro atoms. The van der Waals surface area contributed by atoms with Crippen LogP contribution in [0.15, 0.2) is 36.5 Å². The number of rotatable bonds is 6. The number of nitrogens with zero attached hydrogens (tertiary/aromatic N) is 3. The Morgan fingerprint density at radius 3 is 2.37 bits per heavy atom. The molecule has 35 heavy (non-hydrogen) atoms. The smallest absolute Gasteiger partial charge is 0.433 e. The van der Waals surface area contributed by atoms with Crippen LogP contribution in [0.4, 0.5) is 19.1 Å². The highest BCUT2D eigenvalue weighted by atomic mass is 32.2. The molecule has 1 aliphatic heterocycles. The number of carbonyl (C=O) groups excluding carboxylic acids is 1. The van der Waals surface area contributed by atoms with Crippen LogP contribution in [-0.2, 0) is 26.6 Å². The first-order valence-corrected chi connectivity index (χ1v) is 12.3. The molecule has 192 valence electrons. The highest BCUT2D eigenvalue weighted by Gasteiger charge is 2.45. The molecule has 0 atom stereocenters. The molecule has 0 radical (unpaired) electrons. The lowest BCUT2D eigenvalue weighted by atomic mass is 9.72. The van der Waals surface area contributed by atoms with Gasteiger partial charge in [0.05, 0.1) is 12.5 Å². The van der Waals surface area contributed by atoms with Crippen molar-refractivity contribution in [2.24, 2.45) is 0 Å². The molecule has 0 aliphatic carbocycles. The zero-order valence-electron chi connectivity index (χ0n) is 19.8. The van der Waals surface area contributed by atoms with E-state index in [1.165, 1.54) is 7.11 Å². The van der Waals surface area contributed by atoms with E-state index in [4.69, 9.17) is 4.74 Å². The van der Waals surface area contributed by atoms with Crippen LogP contribution in [0.5, 0.6) is 5.75 Å². The molecule has 9 nitrogen and oxygen atoms in total. The molecule has 0 bridgehead atoms. The van der Waals surface area contributed by atoms with Crippen LogP contribution in [0.3, 0.4) is 0 Å². The molecule has 0 saturated carbocycles. The minimum atomic E-state index is -4.62. The van der Waals surface area contributed by atoms with Gasteiger partial charge in [0, 0.05) is 24.8 Å². The van der Waals surface area contributed by atoms with E-state index in [1.807, 2.05) is 0 Å². The minimum Gasteiger partial charge on any atom is -0.497 e. The molecule has 2 aromatic rings. The summed E-state index contributed by atoms with van der Waals surface area (Å²) in [7, 11) is -2.71. The maximum absolute atomic E-state index is 13.5. The van der Waals surface area contributed by atoms with Gasteiger partial charge in [-0.15, -0.1) is 0 Å². The van der Waals surface area contributed by atoms with Crippen molar-refractivity contribution in [1.29, 1.82) is 0 Å². The first-order chi connectivity index (χ1) is 16.2. The SMILES string of the molecule is COc1cccc(C2(C(=O)NS(=O)(=O)NC(C)(C)C)CCN(c3nccc(C(F)(F)F)n3)CC2)c1. The normalized spacial score (nSPS) is 16.6.